The molecule has 6 heteroatoms. The van der Waals surface area contributed by atoms with Crippen LogP contribution in [0.5, 0.6) is 5.75 Å². The first-order chi connectivity index (χ1) is 12.1. The highest BCUT2D eigenvalue weighted by Gasteiger charge is 2.28. The fourth-order valence-corrected chi connectivity index (χ4v) is 3.64. The third-order valence-electron chi connectivity index (χ3n) is 5.15. The summed E-state index contributed by atoms with van der Waals surface area (Å²) in [6.07, 6.45) is 2.85. The number of nitrogens with two attached hydrogens (primary N) is 1. The molecule has 2 N–H and O–H groups in total. The van der Waals surface area contributed by atoms with Crippen LogP contribution < -0.4 is 15.4 Å². The lowest BCUT2D eigenvalue weighted by Crippen LogP contribution is -2.24. The largest absolute Gasteiger partial charge is 0.488 e. The summed E-state index contributed by atoms with van der Waals surface area (Å²) in [5, 5.41) is 0. The van der Waals surface area contributed by atoms with Gasteiger partial charge in [-0.1, -0.05) is 0 Å². The summed E-state index contributed by atoms with van der Waals surface area (Å²) < 4.78 is 20.2. The van der Waals surface area contributed by atoms with Gasteiger partial charge in [0, 0.05) is 42.9 Å². The molecule has 2 aromatic rings. The summed E-state index contributed by atoms with van der Waals surface area (Å²) in [5.74, 6) is 1.17. The molecule has 0 radical (unpaired) electrons. The molecule has 2 aliphatic rings. The molecule has 0 spiro atoms. The number of aryl methyl sites for hydroxylation is 1. The number of benzene rings is 1. The van der Waals surface area contributed by atoms with E-state index < -0.39 is 0 Å². The molecule has 0 aliphatic carbocycles. The number of anilines is 1. The minimum absolute atomic E-state index is 0.100. The van der Waals surface area contributed by atoms with E-state index in [-0.39, 0.29) is 11.9 Å². The molecule has 25 heavy (non-hydrogen) atoms. The third-order valence-corrected chi connectivity index (χ3v) is 5.15. The van der Waals surface area contributed by atoms with Crippen LogP contribution in [0.25, 0.3) is 11.3 Å². The Morgan fingerprint density at radius 3 is 2.72 bits per heavy atom. The second-order valence-electron chi connectivity index (χ2n) is 6.90. The third kappa shape index (κ3) is 2.84. The molecule has 1 saturated heterocycles. The topological polar surface area (TPSA) is 64.3 Å². The molecule has 0 unspecified atom stereocenters. The second kappa shape index (κ2) is 6.26. The summed E-state index contributed by atoms with van der Waals surface area (Å²) in [5.41, 5.74) is 9.94. The maximum Gasteiger partial charge on any atom is 0.226 e. The molecule has 0 bridgehead atoms. The molecule has 1 fully saturated rings. The van der Waals surface area contributed by atoms with Crippen LogP contribution in [0.2, 0.25) is 0 Å². The van der Waals surface area contributed by atoms with Crippen molar-refractivity contribution < 1.29 is 9.13 Å². The Bertz CT molecular complexity index is 818. The second-order valence-corrected chi connectivity index (χ2v) is 6.90. The van der Waals surface area contributed by atoms with Gasteiger partial charge in [-0.2, -0.15) is 0 Å². The van der Waals surface area contributed by atoms with Crippen LogP contribution >= 0.6 is 0 Å². The van der Waals surface area contributed by atoms with Crippen LogP contribution in [0.15, 0.2) is 12.1 Å². The van der Waals surface area contributed by atoms with Crippen LogP contribution in [-0.2, 0) is 6.42 Å². The summed E-state index contributed by atoms with van der Waals surface area (Å²) in [4.78, 5) is 11.6. The number of hydrogen-bond acceptors (Lipinski definition) is 5. The van der Waals surface area contributed by atoms with Gasteiger partial charge < -0.3 is 15.4 Å². The normalized spacial score (nSPS) is 19.2. The lowest BCUT2D eigenvalue weighted by atomic mass is 10.0. The highest BCUT2D eigenvalue weighted by molar-refractivity contribution is 5.74. The molecule has 5 nitrogen and oxygen atoms in total. The SMILES string of the molecule is Cc1nc(N2CCCC2)nc(-c2cc(F)cc3c2O[C@@H](CN)C3)c1C. The zero-order valence-electron chi connectivity index (χ0n) is 14.7. The van der Waals surface area contributed by atoms with E-state index in [0.717, 1.165) is 54.4 Å². The maximum absolute atomic E-state index is 14.2. The number of fused-ring (bicyclic) bond motifs is 1. The van der Waals surface area contributed by atoms with E-state index in [0.29, 0.717) is 24.3 Å². The molecule has 3 heterocycles. The molecule has 1 atom stereocenters. The molecule has 0 saturated carbocycles. The van der Waals surface area contributed by atoms with Crippen LogP contribution in [0, 0.1) is 19.7 Å². The molecular weight excluding hydrogens is 319 g/mol. The van der Waals surface area contributed by atoms with Gasteiger partial charge in [0.05, 0.1) is 5.69 Å². The number of aromatic nitrogens is 2. The van der Waals surface area contributed by atoms with Gasteiger partial charge in [0.1, 0.15) is 17.7 Å². The van der Waals surface area contributed by atoms with Crippen molar-refractivity contribution in [3.8, 4) is 17.0 Å². The van der Waals surface area contributed by atoms with Gasteiger partial charge >= 0.3 is 0 Å². The van der Waals surface area contributed by atoms with Crippen molar-refractivity contribution >= 4 is 5.95 Å². The molecule has 0 amide bonds. The van der Waals surface area contributed by atoms with Crippen molar-refractivity contribution in [3.63, 3.8) is 0 Å². The zero-order chi connectivity index (χ0) is 17.6. The van der Waals surface area contributed by atoms with E-state index in [1.165, 1.54) is 6.07 Å². The molecule has 132 valence electrons. The summed E-state index contributed by atoms with van der Waals surface area (Å²) in [6.45, 7) is 6.30. The predicted molar refractivity (Wildman–Crippen MR) is 95.5 cm³/mol. The van der Waals surface area contributed by atoms with E-state index in [4.69, 9.17) is 15.5 Å². The Labute approximate surface area is 147 Å². The molecule has 2 aliphatic heterocycles. The van der Waals surface area contributed by atoms with Gasteiger partial charge in [-0.25, -0.2) is 14.4 Å². The summed E-state index contributed by atoms with van der Waals surface area (Å²) in [7, 11) is 0. The predicted octanol–water partition coefficient (Wildman–Crippen LogP) is 2.76. The highest BCUT2D eigenvalue weighted by atomic mass is 19.1. The fraction of sp³-hybridized carbons (Fsp3) is 0.474. The van der Waals surface area contributed by atoms with Gasteiger partial charge in [-0.3, -0.25) is 0 Å². The minimum Gasteiger partial charge on any atom is -0.488 e. The van der Waals surface area contributed by atoms with Crippen molar-refractivity contribution in [2.45, 2.75) is 39.2 Å². The van der Waals surface area contributed by atoms with Gasteiger partial charge in [-0.05, 0) is 44.4 Å². The van der Waals surface area contributed by atoms with Crippen molar-refractivity contribution in [1.29, 1.82) is 0 Å². The van der Waals surface area contributed by atoms with Crippen LogP contribution in [0.3, 0.4) is 0 Å². The summed E-state index contributed by atoms with van der Waals surface area (Å²) in [6, 6.07) is 3.06. The van der Waals surface area contributed by atoms with Crippen molar-refractivity contribution in [2.24, 2.45) is 5.73 Å². The molecule has 4 rings (SSSR count). The molecule has 1 aromatic carbocycles. The van der Waals surface area contributed by atoms with Gasteiger partial charge in [0.2, 0.25) is 5.95 Å². The maximum atomic E-state index is 14.2. The van der Waals surface area contributed by atoms with Crippen molar-refractivity contribution in [1.82, 2.24) is 9.97 Å². The monoisotopic (exact) mass is 342 g/mol. The lowest BCUT2D eigenvalue weighted by molar-refractivity contribution is 0.242. The Kier molecular flexibility index (Phi) is 4.07. The van der Waals surface area contributed by atoms with Gasteiger partial charge in [0.15, 0.2) is 0 Å². The van der Waals surface area contributed by atoms with Crippen molar-refractivity contribution in [2.75, 3.05) is 24.5 Å². The fourth-order valence-electron chi connectivity index (χ4n) is 3.64. The van der Waals surface area contributed by atoms with Gasteiger partial charge in [0.25, 0.3) is 0 Å². The quantitative estimate of drug-likeness (QED) is 0.929. The number of nitrogens with zero attached hydrogens (tertiary/aromatic N) is 3. The van der Waals surface area contributed by atoms with Crippen LogP contribution in [0.4, 0.5) is 10.3 Å². The van der Waals surface area contributed by atoms with E-state index in [1.54, 1.807) is 6.07 Å². The highest BCUT2D eigenvalue weighted by Crippen LogP contribution is 2.40. The van der Waals surface area contributed by atoms with E-state index in [2.05, 4.69) is 9.88 Å². The minimum atomic E-state index is -0.270. The first-order valence-electron chi connectivity index (χ1n) is 8.86. The van der Waals surface area contributed by atoms with Crippen LogP contribution in [-0.4, -0.2) is 35.7 Å². The van der Waals surface area contributed by atoms with E-state index >= 15 is 0 Å². The summed E-state index contributed by atoms with van der Waals surface area (Å²) >= 11 is 0. The van der Waals surface area contributed by atoms with Crippen LogP contribution in [0.1, 0.15) is 29.7 Å². The van der Waals surface area contributed by atoms with E-state index in [9.17, 15) is 4.39 Å². The standard InChI is InChI=1S/C19H23FN4O/c1-11-12(2)22-19(24-5-3-4-6-24)23-17(11)16-9-14(20)7-13-8-15(10-21)25-18(13)16/h7,9,15H,3-6,8,10,21H2,1-2H3/t15-/m1/s1. The Balaban J connectivity index is 1.85. The first kappa shape index (κ1) is 16.3. The first-order valence-corrected chi connectivity index (χ1v) is 8.86. The number of hydrogen-bond donors (Lipinski definition) is 1. The smallest absolute Gasteiger partial charge is 0.226 e. The number of ether oxygens (including phenoxy) is 1. The number of halogens is 1. The number of rotatable bonds is 3. The van der Waals surface area contributed by atoms with Crippen molar-refractivity contribution in [3.05, 3.63) is 34.8 Å². The van der Waals surface area contributed by atoms with Gasteiger partial charge in [-0.15, -0.1) is 0 Å². The Morgan fingerprint density at radius 2 is 2.00 bits per heavy atom. The average molecular weight is 342 g/mol. The Hall–Kier alpha value is -2.21. The molecular formula is C19H23FN4O. The Morgan fingerprint density at radius 1 is 1.24 bits per heavy atom. The zero-order valence-corrected chi connectivity index (χ0v) is 14.7. The lowest BCUT2D eigenvalue weighted by Gasteiger charge is -2.19. The average Bonchev–Trinajstić information content (AvgIpc) is 3.25. The van der Waals surface area contributed by atoms with E-state index in [1.807, 2.05) is 13.8 Å². The molecule has 1 aromatic heterocycles.